The third-order valence-electron chi connectivity index (χ3n) is 22.2. The van der Waals surface area contributed by atoms with E-state index in [0.717, 1.165) is 41.0 Å². The fourth-order valence-electron chi connectivity index (χ4n) is 12.5. The van der Waals surface area contributed by atoms with Crippen molar-refractivity contribution in [2.45, 2.75) is 536 Å². The number of nitrogens with zero attached hydrogens (tertiary/aromatic N) is 11. The highest BCUT2D eigenvalue weighted by molar-refractivity contribution is 7.92. The van der Waals surface area contributed by atoms with Crippen molar-refractivity contribution in [1.82, 2.24) is 76.4 Å². The monoisotopic (exact) mass is 2130 g/mol. The van der Waals surface area contributed by atoms with Gasteiger partial charge in [-0.25, -0.2) is 28.2 Å². The maximum Gasteiger partial charge on any atom is 0.502 e. The van der Waals surface area contributed by atoms with Crippen molar-refractivity contribution < 1.29 is 64.4 Å². The lowest BCUT2D eigenvalue weighted by Gasteiger charge is -2.22. The molecule has 0 aromatic carbocycles. The number of aromatic carboxylic acids is 1. The molecule has 0 saturated heterocycles. The Morgan fingerprint density at radius 3 is 1.10 bits per heavy atom. The standard InChI is InChI=1S/C13H25NO2.C12H19F3N2O2S.C12H20N2O2.C11H19N3O2.C11H18N2O3.2C11H20N2.2C11H19NO.C11H19NS/c1-12(2,3)10(15)8-7-9-14-11(16)13(4,5)6;1-10(2,3)8-7(20(18,19)12(13,14)15)9(17-16-8)11(4,5)6;1-11(2,3)8-7(10(15)16)9(14-13-8)12(4,5)6;1-10(2,3)8-7(14(15)16)9(13-12-8)11(4,5)6;1-10(2,3)8-7(13(14)15)9(16-12-8)11(4,5)6;1-10(2,3)8-7-12-9(13-8)11(4,5)6;1-10(2,3)8-7-9(13-12-8)11(4,5)6;1-10(2,3)8-7-12-9(13-8)11(4,5)6;1-10(2,3)8-7-9(13-12-8)11(4,5)6;1-10(2,3)8-7-12-9(13-8)11(4,5)6/h7-9H2,1-6H3,(H,14,16);1-6H3,(H,16,17);1-6H3,(H,13,14)(H,15,16);1-6H3,(H,12,13);1-6H3;2*7H,1-6H3,(H,12,13);3*7H,1-6H3. The highest BCUT2D eigenvalue weighted by Gasteiger charge is 2.53. The smallest absolute Gasteiger partial charge is 0.478 e. The zero-order valence-electron chi connectivity index (χ0n) is 103. The predicted octanol–water partition coefficient (Wildman–Crippen LogP) is 30.9. The summed E-state index contributed by atoms with van der Waals surface area (Å²) >= 11 is 1.84. The molecule has 1 amide bonds. The van der Waals surface area contributed by atoms with Crippen LogP contribution in [-0.2, 0) is 117 Å². The predicted molar refractivity (Wildman–Crippen MR) is 601 cm³/mol. The Kier molecular flexibility index (Phi) is 46.1. The molecular weight excluding hydrogens is 1940 g/mol. The van der Waals surface area contributed by atoms with E-state index in [0.29, 0.717) is 52.8 Å². The summed E-state index contributed by atoms with van der Waals surface area (Å²) in [5.41, 5.74) is -0.661. The molecule has 850 valence electrons. The van der Waals surface area contributed by atoms with Gasteiger partial charge in [-0.05, 0) is 17.9 Å². The van der Waals surface area contributed by atoms with Gasteiger partial charge in [0.05, 0.1) is 55.2 Å². The number of H-pyrrole nitrogens is 5. The average molecular weight is 2140 g/mol. The Morgan fingerprint density at radius 1 is 0.396 bits per heavy atom. The molecule has 9 aromatic rings. The molecule has 7 N–H and O–H groups in total. The number of aromatic nitrogens is 14. The van der Waals surface area contributed by atoms with E-state index in [9.17, 15) is 61.3 Å². The molecule has 9 heterocycles. The largest absolute Gasteiger partial charge is 0.502 e. The van der Waals surface area contributed by atoms with E-state index in [2.05, 4.69) is 296 Å². The SMILES string of the molecule is CC(C)(C)C(=O)CCCNC(=O)C(C)(C)C.CC(C)(C)c1cc(C(C)(C)C)[nH]n1.CC(C)(C)c1cc(C(C)(C)C)on1.CC(C)(C)c1cnc(C(C)(C)C)[nH]1.CC(C)(C)c1cnc(C(C)(C)C)o1.CC(C)(C)c1cnc(C(C)(C)C)s1.CC(C)(C)c1n[nH]c(C(C)(C)C)c1C(=O)O.CC(C)(C)c1n[nH]c(C(C)(C)C)c1S(=O)(=O)C(F)(F)F.CC(C)(C)c1n[nH]c(C(C)(C)C)c1[N+](=O)[O-].CC(C)(C)c1noc(C(C)(C)C)c1[N+](=O)[O-]. The minimum atomic E-state index is -5.45. The van der Waals surface area contributed by atoms with E-state index in [1.165, 1.54) is 21.3 Å². The van der Waals surface area contributed by atoms with Crippen LogP contribution in [0.4, 0.5) is 24.5 Å². The van der Waals surface area contributed by atoms with Crippen molar-refractivity contribution in [3.63, 3.8) is 0 Å². The number of Topliss-reactive ketones (excluding diaryl/α,β-unsaturated/α-hetero) is 1. The zero-order chi connectivity index (χ0) is 119. The second kappa shape index (κ2) is 49.3. The van der Waals surface area contributed by atoms with E-state index in [-0.39, 0.29) is 126 Å². The lowest BCUT2D eigenvalue weighted by molar-refractivity contribution is -0.387. The number of carbonyl (C=O) groups excluding carboxylic acids is 2. The van der Waals surface area contributed by atoms with Crippen molar-refractivity contribution in [3.05, 3.63) is 158 Å². The molecule has 35 heteroatoms. The molecule has 0 fully saturated rings. The van der Waals surface area contributed by atoms with Crippen LogP contribution in [0.5, 0.6) is 0 Å². The lowest BCUT2D eigenvalue weighted by Crippen LogP contribution is -2.35. The number of rotatable bonds is 8. The maximum absolute atomic E-state index is 12.9. The topological polar surface area (TPSA) is 438 Å². The average Bonchev–Trinajstić information content (AvgIpc) is 1.60. The van der Waals surface area contributed by atoms with Gasteiger partial charge >= 0.3 is 22.9 Å². The van der Waals surface area contributed by atoms with Crippen molar-refractivity contribution >= 4 is 50.2 Å². The normalized spacial score (nSPS) is 13.3. The summed E-state index contributed by atoms with van der Waals surface area (Å²) in [7, 11) is -5.45. The molecule has 0 spiro atoms. The number of thiazole rings is 1. The van der Waals surface area contributed by atoms with E-state index >= 15 is 0 Å². The first-order chi connectivity index (χ1) is 65.3. The van der Waals surface area contributed by atoms with Crippen LogP contribution in [0, 0.1) is 31.1 Å². The summed E-state index contributed by atoms with van der Waals surface area (Å²) in [6.45, 7) is 121. The summed E-state index contributed by atoms with van der Waals surface area (Å²) in [5, 5.41) is 71.2. The molecular formula is C114H198F3N17O13S2. The number of nitro groups is 2. The molecule has 30 nitrogen and oxygen atoms in total. The van der Waals surface area contributed by atoms with E-state index < -0.39 is 52.8 Å². The van der Waals surface area contributed by atoms with Crippen LogP contribution in [-0.4, -0.2) is 124 Å². The number of ketones is 1. The van der Waals surface area contributed by atoms with Crippen LogP contribution < -0.4 is 5.32 Å². The van der Waals surface area contributed by atoms with Gasteiger partial charge in [0, 0.05) is 151 Å². The number of amides is 1. The van der Waals surface area contributed by atoms with Crippen LogP contribution in [0.25, 0.3) is 0 Å². The number of alkyl halides is 3. The molecule has 0 unspecified atom stereocenters. The number of oxazole rings is 1. The summed E-state index contributed by atoms with van der Waals surface area (Å²) in [5.74, 6) is 3.50. The van der Waals surface area contributed by atoms with Crippen LogP contribution in [0.3, 0.4) is 0 Å². The van der Waals surface area contributed by atoms with Crippen molar-refractivity contribution in [2.24, 2.45) is 10.8 Å². The fourth-order valence-corrected chi connectivity index (χ4v) is 15.0. The lowest BCUT2D eigenvalue weighted by atomic mass is 9.83. The zero-order valence-corrected chi connectivity index (χ0v) is 105. The molecule has 0 aliphatic heterocycles. The third-order valence-corrected chi connectivity index (χ3v) is 25.6. The van der Waals surface area contributed by atoms with Crippen molar-refractivity contribution in [2.75, 3.05) is 6.54 Å². The molecule has 0 bridgehead atoms. The first-order valence-corrected chi connectivity index (χ1v) is 53.6. The minimum absolute atomic E-state index is 0.00347. The molecule has 9 aromatic heterocycles. The number of halogens is 3. The van der Waals surface area contributed by atoms with E-state index in [1.807, 2.05) is 196 Å². The number of imidazole rings is 1. The van der Waals surface area contributed by atoms with Gasteiger partial charge < -0.3 is 28.9 Å². The Hall–Kier alpha value is -9.54. The van der Waals surface area contributed by atoms with Gasteiger partial charge in [-0.15, -0.1) is 11.3 Å². The number of aromatic amines is 5. The second-order valence-corrected chi connectivity index (χ2v) is 62.0. The first kappa shape index (κ1) is 139. The Labute approximate surface area is 897 Å². The van der Waals surface area contributed by atoms with Gasteiger partial charge in [0.15, 0.2) is 11.6 Å². The van der Waals surface area contributed by atoms with Crippen LogP contribution in [0.1, 0.15) is 540 Å². The minimum Gasteiger partial charge on any atom is -0.478 e. The molecule has 0 saturated carbocycles. The molecule has 0 radical (unpaired) electrons. The van der Waals surface area contributed by atoms with Gasteiger partial charge in [-0.3, -0.25) is 50.2 Å². The van der Waals surface area contributed by atoms with Crippen LogP contribution in [0.2, 0.25) is 0 Å². The van der Waals surface area contributed by atoms with Gasteiger partial charge in [0.25, 0.3) is 9.84 Å². The highest BCUT2D eigenvalue weighted by atomic mass is 32.2. The number of sulfone groups is 1. The molecule has 0 aliphatic rings. The van der Waals surface area contributed by atoms with Gasteiger partial charge in [0.2, 0.25) is 11.7 Å². The maximum atomic E-state index is 12.9. The molecule has 149 heavy (non-hydrogen) atoms. The van der Waals surface area contributed by atoms with Gasteiger partial charge in [-0.2, -0.15) is 33.6 Å². The molecule has 9 rings (SSSR count). The number of carboxylic acids is 1. The Morgan fingerprint density at radius 2 is 0.819 bits per heavy atom. The first-order valence-electron chi connectivity index (χ1n) is 51.3. The van der Waals surface area contributed by atoms with Gasteiger partial charge in [-0.1, -0.05) is 426 Å². The van der Waals surface area contributed by atoms with Crippen LogP contribution >= 0.6 is 11.3 Å². The highest BCUT2D eigenvalue weighted by Crippen LogP contribution is 2.45. The number of nitrogens with one attached hydrogen (secondary N) is 6. The summed E-state index contributed by atoms with van der Waals surface area (Å²) < 4.78 is 78.6. The van der Waals surface area contributed by atoms with Crippen LogP contribution in [0.15, 0.2) is 49.1 Å². The summed E-state index contributed by atoms with van der Waals surface area (Å²) in [4.78, 5) is 73.1. The Bertz CT molecular complexity index is 5040. The second-order valence-electron chi connectivity index (χ2n) is 59.1. The van der Waals surface area contributed by atoms with Gasteiger partial charge in [0.1, 0.15) is 45.0 Å². The van der Waals surface area contributed by atoms with E-state index in [4.69, 9.17) is 13.5 Å². The Balaban J connectivity index is 0.00000164. The van der Waals surface area contributed by atoms with Crippen molar-refractivity contribution in [1.29, 1.82) is 0 Å². The molecule has 0 aliphatic carbocycles. The van der Waals surface area contributed by atoms with E-state index in [1.54, 1.807) is 41.5 Å². The third kappa shape index (κ3) is 44.2. The summed E-state index contributed by atoms with van der Waals surface area (Å²) in [6.07, 6.45) is 7.05. The summed E-state index contributed by atoms with van der Waals surface area (Å²) in [6, 6.07) is 4.22. The number of hydrogen-bond acceptors (Lipinski definition) is 22. The number of hydrogen-bond donors (Lipinski definition) is 7. The molecule has 0 atom stereocenters. The number of carbonyl (C=O) groups is 3. The fraction of sp³-hybridized carbons (Fsp3) is 0.737. The van der Waals surface area contributed by atoms with Crippen molar-refractivity contribution in [3.8, 4) is 0 Å². The quantitative estimate of drug-likeness (QED) is 0.0422. The number of carboxylic acid groups (broad SMARTS) is 1.